The maximum atomic E-state index is 13.1. The van der Waals surface area contributed by atoms with E-state index in [2.05, 4.69) is 18.7 Å². The second kappa shape index (κ2) is 8.96. The van der Waals surface area contributed by atoms with Crippen molar-refractivity contribution in [2.45, 2.75) is 19.9 Å². The first kappa shape index (κ1) is 20.7. The van der Waals surface area contributed by atoms with Crippen molar-refractivity contribution in [3.8, 4) is 5.75 Å². The second-order valence-corrected chi connectivity index (χ2v) is 6.77. The van der Waals surface area contributed by atoms with Crippen LogP contribution in [0.4, 0.5) is 0 Å². The number of ether oxygens (including phenoxy) is 1. The van der Waals surface area contributed by atoms with Gasteiger partial charge in [-0.05, 0) is 42.9 Å². The van der Waals surface area contributed by atoms with Gasteiger partial charge in [0.1, 0.15) is 5.75 Å². The highest BCUT2D eigenvalue weighted by Gasteiger charge is 2.44. The molecular formula is C22H26N2O5. The van der Waals surface area contributed by atoms with E-state index < -0.39 is 23.5 Å². The third-order valence-electron chi connectivity index (χ3n) is 5.25. The molecule has 154 valence electrons. The Morgan fingerprint density at radius 1 is 1.24 bits per heavy atom. The van der Waals surface area contributed by atoms with Crippen molar-refractivity contribution in [2.75, 3.05) is 33.3 Å². The Labute approximate surface area is 170 Å². The minimum Gasteiger partial charge on any atom is -0.503 e. The molecule has 1 aromatic heterocycles. The summed E-state index contributed by atoms with van der Waals surface area (Å²) < 4.78 is 10.5. The van der Waals surface area contributed by atoms with Gasteiger partial charge >= 0.3 is 0 Å². The molecule has 1 N–H and O–H groups in total. The van der Waals surface area contributed by atoms with Crippen molar-refractivity contribution in [1.29, 1.82) is 0 Å². The lowest BCUT2D eigenvalue weighted by molar-refractivity contribution is -0.129. The highest BCUT2D eigenvalue weighted by atomic mass is 16.5. The summed E-state index contributed by atoms with van der Waals surface area (Å²) in [5.74, 6) is -0.898. The fraction of sp³-hybridized carbons (Fsp3) is 0.364. The number of aliphatic hydroxyl groups is 1. The van der Waals surface area contributed by atoms with Gasteiger partial charge < -0.3 is 24.1 Å². The maximum Gasteiger partial charge on any atom is 0.290 e. The third kappa shape index (κ3) is 4.05. The molecule has 0 fully saturated rings. The number of carbonyl (C=O) groups is 2. The molecule has 0 radical (unpaired) electrons. The minimum absolute atomic E-state index is 0.0257. The highest BCUT2D eigenvalue weighted by Crippen LogP contribution is 2.39. The second-order valence-electron chi connectivity index (χ2n) is 6.77. The summed E-state index contributed by atoms with van der Waals surface area (Å²) in [6.45, 7) is 6.81. The predicted molar refractivity (Wildman–Crippen MR) is 108 cm³/mol. The lowest BCUT2D eigenvalue weighted by Gasteiger charge is -2.29. The smallest absolute Gasteiger partial charge is 0.290 e. The van der Waals surface area contributed by atoms with Crippen molar-refractivity contribution in [2.24, 2.45) is 0 Å². The molecular weight excluding hydrogens is 372 g/mol. The Kier molecular flexibility index (Phi) is 6.39. The number of Topliss-reactive ketones (excluding diaryl/α,β-unsaturated/α-hetero) is 1. The number of likely N-dealkylation sites (N-methyl/N-ethyl adjacent to an activating group) is 1. The van der Waals surface area contributed by atoms with Gasteiger partial charge in [-0.1, -0.05) is 26.0 Å². The number of carbonyl (C=O) groups excluding carboxylic acids is 2. The molecule has 2 aromatic rings. The molecule has 0 saturated heterocycles. The number of hydrogen-bond acceptors (Lipinski definition) is 6. The van der Waals surface area contributed by atoms with Crippen LogP contribution in [-0.4, -0.2) is 59.9 Å². The molecule has 1 aromatic carbocycles. The van der Waals surface area contributed by atoms with E-state index in [0.29, 0.717) is 24.4 Å². The van der Waals surface area contributed by atoms with Gasteiger partial charge in [0.15, 0.2) is 11.5 Å². The summed E-state index contributed by atoms with van der Waals surface area (Å²) >= 11 is 0. The molecule has 7 nitrogen and oxygen atoms in total. The fourth-order valence-corrected chi connectivity index (χ4v) is 3.60. The summed E-state index contributed by atoms with van der Waals surface area (Å²) in [6, 6.07) is 9.58. The third-order valence-corrected chi connectivity index (χ3v) is 5.25. The van der Waals surface area contributed by atoms with E-state index in [4.69, 9.17) is 9.15 Å². The molecule has 0 spiro atoms. The zero-order valence-electron chi connectivity index (χ0n) is 16.9. The quantitative estimate of drug-likeness (QED) is 0.653. The van der Waals surface area contributed by atoms with Gasteiger partial charge in [-0.3, -0.25) is 9.59 Å². The first-order chi connectivity index (χ1) is 14.0. The summed E-state index contributed by atoms with van der Waals surface area (Å²) in [7, 11) is 1.55. The summed E-state index contributed by atoms with van der Waals surface area (Å²) in [4.78, 5) is 29.7. The first-order valence-electron chi connectivity index (χ1n) is 9.70. The number of nitrogens with zero attached hydrogens (tertiary/aromatic N) is 2. The first-order valence-corrected chi connectivity index (χ1v) is 9.70. The number of methoxy groups -OCH3 is 1. The van der Waals surface area contributed by atoms with Crippen molar-refractivity contribution in [3.63, 3.8) is 0 Å². The molecule has 1 amide bonds. The van der Waals surface area contributed by atoms with E-state index in [1.807, 2.05) is 6.07 Å². The molecule has 0 bridgehead atoms. The number of furan rings is 1. The lowest BCUT2D eigenvalue weighted by Crippen LogP contribution is -2.38. The standard InChI is InChI=1S/C22H26N2O5/c1-4-23(5-2)11-12-24-19(15-8-6-9-16(14-15)28-3)18(21(26)22(24)27)20(25)17-10-7-13-29-17/h6-10,13-14,19,26H,4-5,11-12H2,1-3H3. The average molecular weight is 398 g/mol. The number of rotatable bonds is 9. The van der Waals surface area contributed by atoms with E-state index in [-0.39, 0.29) is 11.3 Å². The van der Waals surface area contributed by atoms with Crippen LogP contribution in [-0.2, 0) is 4.79 Å². The summed E-state index contributed by atoms with van der Waals surface area (Å²) in [6.07, 6.45) is 1.39. The molecule has 2 heterocycles. The molecule has 1 atom stereocenters. The molecule has 1 aliphatic rings. The minimum atomic E-state index is -0.717. The molecule has 1 unspecified atom stereocenters. The number of ketones is 1. The molecule has 0 saturated carbocycles. The predicted octanol–water partition coefficient (Wildman–Crippen LogP) is 3.21. The highest BCUT2D eigenvalue weighted by molar-refractivity contribution is 6.15. The summed E-state index contributed by atoms with van der Waals surface area (Å²) in [5.41, 5.74) is 0.717. The van der Waals surface area contributed by atoms with E-state index in [1.165, 1.54) is 12.3 Å². The number of amides is 1. The van der Waals surface area contributed by atoms with Gasteiger partial charge in [0, 0.05) is 13.1 Å². The van der Waals surface area contributed by atoms with E-state index in [9.17, 15) is 14.7 Å². The lowest BCUT2D eigenvalue weighted by atomic mass is 9.95. The van der Waals surface area contributed by atoms with E-state index >= 15 is 0 Å². The van der Waals surface area contributed by atoms with Crippen molar-refractivity contribution in [3.05, 3.63) is 65.3 Å². The summed E-state index contributed by atoms with van der Waals surface area (Å²) in [5, 5.41) is 10.6. The van der Waals surface area contributed by atoms with Crippen molar-refractivity contribution in [1.82, 2.24) is 9.80 Å². The monoisotopic (exact) mass is 398 g/mol. The van der Waals surface area contributed by atoms with Crippen molar-refractivity contribution < 1.29 is 23.8 Å². The van der Waals surface area contributed by atoms with E-state index in [0.717, 1.165) is 13.1 Å². The Balaban J connectivity index is 2.02. The van der Waals surface area contributed by atoms with Crippen LogP contribution in [0.5, 0.6) is 5.75 Å². The van der Waals surface area contributed by atoms with Crippen LogP contribution >= 0.6 is 0 Å². The van der Waals surface area contributed by atoms with Crippen LogP contribution in [0.1, 0.15) is 36.0 Å². The normalized spacial score (nSPS) is 16.8. The van der Waals surface area contributed by atoms with Gasteiger partial charge in [-0.2, -0.15) is 0 Å². The van der Waals surface area contributed by atoms with Gasteiger partial charge in [0.2, 0.25) is 5.78 Å². The number of aliphatic hydroxyl groups excluding tert-OH is 1. The Morgan fingerprint density at radius 3 is 2.62 bits per heavy atom. The van der Waals surface area contributed by atoms with Crippen LogP contribution in [0, 0.1) is 0 Å². The molecule has 0 aliphatic carbocycles. The Bertz CT molecular complexity index is 900. The Morgan fingerprint density at radius 2 is 2.00 bits per heavy atom. The largest absolute Gasteiger partial charge is 0.503 e. The van der Waals surface area contributed by atoms with Gasteiger partial charge in [-0.15, -0.1) is 0 Å². The number of hydrogen-bond donors (Lipinski definition) is 1. The zero-order chi connectivity index (χ0) is 21.0. The van der Waals surface area contributed by atoms with Gasteiger partial charge in [-0.25, -0.2) is 0 Å². The van der Waals surface area contributed by atoms with Crippen LogP contribution in [0.2, 0.25) is 0 Å². The average Bonchev–Trinajstić information content (AvgIpc) is 3.37. The topological polar surface area (TPSA) is 83.2 Å². The molecule has 3 rings (SSSR count). The molecule has 7 heteroatoms. The van der Waals surface area contributed by atoms with Crippen LogP contribution in [0.15, 0.2) is 58.4 Å². The van der Waals surface area contributed by atoms with Crippen LogP contribution < -0.4 is 4.74 Å². The zero-order valence-corrected chi connectivity index (χ0v) is 16.9. The number of benzene rings is 1. The Hall–Kier alpha value is -3.06. The molecule has 29 heavy (non-hydrogen) atoms. The fourth-order valence-electron chi connectivity index (χ4n) is 3.60. The van der Waals surface area contributed by atoms with E-state index in [1.54, 1.807) is 36.3 Å². The SMILES string of the molecule is CCN(CC)CCN1C(=O)C(O)=C(C(=O)c2ccco2)C1c1cccc(OC)c1. The van der Waals surface area contributed by atoms with Crippen molar-refractivity contribution >= 4 is 11.7 Å². The molecule has 1 aliphatic heterocycles. The van der Waals surface area contributed by atoms with Gasteiger partial charge in [0.05, 0.1) is 25.0 Å². The maximum absolute atomic E-state index is 13.1. The van der Waals surface area contributed by atoms with Gasteiger partial charge in [0.25, 0.3) is 5.91 Å². The van der Waals surface area contributed by atoms with Crippen LogP contribution in [0.3, 0.4) is 0 Å². The van der Waals surface area contributed by atoms with Crippen LogP contribution in [0.25, 0.3) is 0 Å².